The van der Waals surface area contributed by atoms with Crippen molar-refractivity contribution in [2.24, 2.45) is 0 Å². The Morgan fingerprint density at radius 2 is 2.18 bits per heavy atom. The fourth-order valence-corrected chi connectivity index (χ4v) is 1.45. The Balaban J connectivity index is 2.65. The SMILES string of the molecule is CCCN(CC(=O)OCC)C(=O)c1ccoc1. The average Bonchev–Trinajstić information content (AvgIpc) is 2.81. The number of nitrogens with zero attached hydrogens (tertiary/aromatic N) is 1. The maximum atomic E-state index is 12.0. The predicted molar refractivity (Wildman–Crippen MR) is 61.5 cm³/mol. The topological polar surface area (TPSA) is 59.8 Å². The Kier molecular flexibility index (Phi) is 5.26. The number of amides is 1. The first-order valence-electron chi connectivity index (χ1n) is 5.66. The Bertz CT molecular complexity index is 359. The van der Waals surface area contributed by atoms with Crippen molar-refractivity contribution in [1.82, 2.24) is 4.90 Å². The third-order valence-electron chi connectivity index (χ3n) is 2.17. The highest BCUT2D eigenvalue weighted by molar-refractivity contribution is 5.95. The summed E-state index contributed by atoms with van der Waals surface area (Å²) < 4.78 is 9.68. The van der Waals surface area contributed by atoms with Crippen LogP contribution in [-0.4, -0.2) is 36.5 Å². The Labute approximate surface area is 100 Å². The minimum absolute atomic E-state index is 0.0221. The Morgan fingerprint density at radius 1 is 1.41 bits per heavy atom. The lowest BCUT2D eigenvalue weighted by atomic mass is 10.2. The summed E-state index contributed by atoms with van der Waals surface area (Å²) in [5.41, 5.74) is 0.447. The quantitative estimate of drug-likeness (QED) is 0.709. The van der Waals surface area contributed by atoms with Crippen LogP contribution in [0.3, 0.4) is 0 Å². The predicted octanol–water partition coefficient (Wildman–Crippen LogP) is 1.69. The number of carbonyl (C=O) groups excluding carboxylic acids is 2. The van der Waals surface area contributed by atoms with Crippen LogP contribution < -0.4 is 0 Å². The second kappa shape index (κ2) is 6.73. The molecule has 1 aromatic heterocycles. The third-order valence-corrected chi connectivity index (χ3v) is 2.17. The van der Waals surface area contributed by atoms with Gasteiger partial charge in [-0.2, -0.15) is 0 Å². The molecule has 0 fully saturated rings. The van der Waals surface area contributed by atoms with Gasteiger partial charge in [0, 0.05) is 6.54 Å². The molecule has 0 aliphatic carbocycles. The molecule has 0 bridgehead atoms. The largest absolute Gasteiger partial charge is 0.472 e. The van der Waals surface area contributed by atoms with E-state index >= 15 is 0 Å². The number of rotatable bonds is 6. The van der Waals surface area contributed by atoms with Gasteiger partial charge in [-0.3, -0.25) is 9.59 Å². The lowest BCUT2D eigenvalue weighted by molar-refractivity contribution is -0.143. The van der Waals surface area contributed by atoms with Gasteiger partial charge in [-0.15, -0.1) is 0 Å². The summed E-state index contributed by atoms with van der Waals surface area (Å²) in [6, 6.07) is 1.58. The van der Waals surface area contributed by atoms with Crippen LogP contribution in [0.25, 0.3) is 0 Å². The van der Waals surface area contributed by atoms with Gasteiger partial charge in [-0.1, -0.05) is 6.92 Å². The molecule has 1 heterocycles. The van der Waals surface area contributed by atoms with Crippen molar-refractivity contribution in [2.75, 3.05) is 19.7 Å². The van der Waals surface area contributed by atoms with Gasteiger partial charge in [0.05, 0.1) is 18.4 Å². The average molecular weight is 239 g/mol. The molecule has 0 saturated carbocycles. The Morgan fingerprint density at radius 3 is 2.71 bits per heavy atom. The molecular formula is C12H17NO4. The zero-order valence-electron chi connectivity index (χ0n) is 10.1. The summed E-state index contributed by atoms with van der Waals surface area (Å²) >= 11 is 0. The molecule has 1 amide bonds. The van der Waals surface area contributed by atoms with Crippen molar-refractivity contribution in [3.63, 3.8) is 0 Å². The van der Waals surface area contributed by atoms with Crippen LogP contribution in [0.15, 0.2) is 23.0 Å². The molecule has 5 nitrogen and oxygen atoms in total. The van der Waals surface area contributed by atoms with Crippen LogP contribution in [0.1, 0.15) is 30.6 Å². The second-order valence-corrected chi connectivity index (χ2v) is 3.54. The molecule has 0 aromatic carbocycles. The van der Waals surface area contributed by atoms with Gasteiger partial charge in [-0.05, 0) is 19.4 Å². The molecule has 17 heavy (non-hydrogen) atoms. The van der Waals surface area contributed by atoms with E-state index in [0.29, 0.717) is 18.7 Å². The van der Waals surface area contributed by atoms with Crippen molar-refractivity contribution in [3.8, 4) is 0 Å². The molecule has 0 radical (unpaired) electrons. The van der Waals surface area contributed by atoms with E-state index in [2.05, 4.69) is 0 Å². The van der Waals surface area contributed by atoms with E-state index < -0.39 is 5.97 Å². The molecule has 0 aliphatic rings. The highest BCUT2D eigenvalue weighted by Crippen LogP contribution is 2.06. The van der Waals surface area contributed by atoms with E-state index in [4.69, 9.17) is 9.15 Å². The Hall–Kier alpha value is -1.78. The van der Waals surface area contributed by atoms with Crippen LogP contribution in [0.4, 0.5) is 0 Å². The summed E-state index contributed by atoms with van der Waals surface area (Å²) in [4.78, 5) is 24.8. The zero-order chi connectivity index (χ0) is 12.7. The van der Waals surface area contributed by atoms with E-state index in [1.165, 1.54) is 17.4 Å². The van der Waals surface area contributed by atoms with Crippen LogP contribution in [0.2, 0.25) is 0 Å². The van der Waals surface area contributed by atoms with Crippen LogP contribution in [0.5, 0.6) is 0 Å². The molecule has 1 rings (SSSR count). The van der Waals surface area contributed by atoms with Gasteiger partial charge in [0.1, 0.15) is 12.8 Å². The van der Waals surface area contributed by atoms with E-state index in [0.717, 1.165) is 6.42 Å². The number of hydrogen-bond acceptors (Lipinski definition) is 4. The normalized spacial score (nSPS) is 10.0. The summed E-state index contributed by atoms with van der Waals surface area (Å²) in [7, 11) is 0. The summed E-state index contributed by atoms with van der Waals surface area (Å²) in [6.45, 7) is 4.49. The maximum absolute atomic E-state index is 12.0. The van der Waals surface area contributed by atoms with Crippen molar-refractivity contribution < 1.29 is 18.7 Å². The lowest BCUT2D eigenvalue weighted by Crippen LogP contribution is -2.36. The van der Waals surface area contributed by atoms with E-state index in [1.54, 1.807) is 13.0 Å². The minimum atomic E-state index is -0.391. The first-order chi connectivity index (χ1) is 8.19. The van der Waals surface area contributed by atoms with Crippen molar-refractivity contribution >= 4 is 11.9 Å². The highest BCUT2D eigenvalue weighted by atomic mass is 16.5. The van der Waals surface area contributed by atoms with Gasteiger partial charge in [-0.25, -0.2) is 0 Å². The molecule has 0 atom stereocenters. The molecule has 94 valence electrons. The first kappa shape index (κ1) is 13.3. The van der Waals surface area contributed by atoms with Gasteiger partial charge in [0.2, 0.25) is 0 Å². The van der Waals surface area contributed by atoms with Crippen LogP contribution in [-0.2, 0) is 9.53 Å². The molecule has 5 heteroatoms. The number of hydrogen-bond donors (Lipinski definition) is 0. The fraction of sp³-hybridized carbons (Fsp3) is 0.500. The van der Waals surface area contributed by atoms with Gasteiger partial charge < -0.3 is 14.1 Å². The van der Waals surface area contributed by atoms with Gasteiger partial charge >= 0.3 is 5.97 Å². The molecule has 0 unspecified atom stereocenters. The standard InChI is InChI=1S/C12H17NO4/c1-3-6-13(8-11(14)17-4-2)12(15)10-5-7-16-9-10/h5,7,9H,3-4,6,8H2,1-2H3. The van der Waals surface area contributed by atoms with Crippen molar-refractivity contribution in [3.05, 3.63) is 24.2 Å². The minimum Gasteiger partial charge on any atom is -0.472 e. The van der Waals surface area contributed by atoms with Crippen LogP contribution >= 0.6 is 0 Å². The molecule has 1 aromatic rings. The van der Waals surface area contributed by atoms with Crippen LogP contribution in [0, 0.1) is 0 Å². The lowest BCUT2D eigenvalue weighted by Gasteiger charge is -2.20. The fourth-order valence-electron chi connectivity index (χ4n) is 1.45. The highest BCUT2D eigenvalue weighted by Gasteiger charge is 2.19. The first-order valence-corrected chi connectivity index (χ1v) is 5.66. The van der Waals surface area contributed by atoms with E-state index in [9.17, 15) is 9.59 Å². The summed E-state index contributed by atoms with van der Waals surface area (Å²) in [6.07, 6.45) is 3.58. The van der Waals surface area contributed by atoms with E-state index in [1.807, 2.05) is 6.92 Å². The molecule has 0 saturated heterocycles. The second-order valence-electron chi connectivity index (χ2n) is 3.54. The number of esters is 1. The maximum Gasteiger partial charge on any atom is 0.325 e. The smallest absolute Gasteiger partial charge is 0.325 e. The van der Waals surface area contributed by atoms with Crippen molar-refractivity contribution in [2.45, 2.75) is 20.3 Å². The summed E-state index contributed by atoms with van der Waals surface area (Å²) in [5.74, 6) is -0.605. The molecule has 0 N–H and O–H groups in total. The number of ether oxygens (including phenoxy) is 1. The third kappa shape index (κ3) is 3.94. The van der Waals surface area contributed by atoms with Crippen molar-refractivity contribution in [1.29, 1.82) is 0 Å². The molecular weight excluding hydrogens is 222 g/mol. The zero-order valence-corrected chi connectivity index (χ0v) is 10.1. The monoisotopic (exact) mass is 239 g/mol. The molecule has 0 spiro atoms. The van der Waals surface area contributed by atoms with Gasteiger partial charge in [0.25, 0.3) is 5.91 Å². The summed E-state index contributed by atoms with van der Waals surface area (Å²) in [5, 5.41) is 0. The molecule has 0 aliphatic heterocycles. The number of furan rings is 1. The van der Waals surface area contributed by atoms with Gasteiger partial charge in [0.15, 0.2) is 0 Å². The van der Waals surface area contributed by atoms with E-state index in [-0.39, 0.29) is 12.5 Å². The number of carbonyl (C=O) groups is 2.